The summed E-state index contributed by atoms with van der Waals surface area (Å²) in [6.45, 7) is 5.52. The fourth-order valence-corrected chi connectivity index (χ4v) is 1.05. The van der Waals surface area contributed by atoms with E-state index in [-0.39, 0.29) is 11.3 Å². The second-order valence-corrected chi connectivity index (χ2v) is 3.98. The normalized spacial score (nSPS) is 11.1. The van der Waals surface area contributed by atoms with E-state index in [0.717, 1.165) is 0 Å². The molecule has 0 saturated heterocycles. The quantitative estimate of drug-likeness (QED) is 0.680. The van der Waals surface area contributed by atoms with Crippen LogP contribution in [0.5, 0.6) is 5.75 Å². The summed E-state index contributed by atoms with van der Waals surface area (Å²) < 4.78 is 18.5. The lowest BCUT2D eigenvalue weighted by molar-refractivity contribution is 0.108. The molecule has 0 aliphatic carbocycles. The van der Waals surface area contributed by atoms with Gasteiger partial charge >= 0.3 is 0 Å². The molecule has 1 aromatic carbocycles. The topological polar surface area (TPSA) is 26.3 Å². The maximum Gasteiger partial charge on any atom is 0.156 e. The minimum Gasteiger partial charge on any atom is -0.487 e. The molecule has 0 aromatic heterocycles. The van der Waals surface area contributed by atoms with E-state index in [2.05, 4.69) is 0 Å². The number of carbonyl (C=O) groups is 1. The first-order chi connectivity index (χ1) is 6.44. The Labute approximate surface area is 82.7 Å². The Morgan fingerprint density at radius 1 is 1.36 bits per heavy atom. The molecule has 0 spiro atoms. The molecule has 0 atom stereocenters. The van der Waals surface area contributed by atoms with Crippen LogP contribution in [0.1, 0.15) is 31.1 Å². The third-order valence-corrected chi connectivity index (χ3v) is 1.55. The maximum absolute atomic E-state index is 13.1. The molecule has 0 fully saturated rings. The first kappa shape index (κ1) is 10.7. The minimum absolute atomic E-state index is 0.0255. The molecular formula is C11H13FO2. The summed E-state index contributed by atoms with van der Waals surface area (Å²) in [5.74, 6) is -0.269. The molecule has 2 nitrogen and oxygen atoms in total. The van der Waals surface area contributed by atoms with Crippen molar-refractivity contribution in [3.8, 4) is 5.75 Å². The molecular weight excluding hydrogens is 183 g/mol. The average Bonchev–Trinajstić information content (AvgIpc) is 2.01. The van der Waals surface area contributed by atoms with Crippen LogP contribution in [-0.2, 0) is 0 Å². The van der Waals surface area contributed by atoms with Gasteiger partial charge in [0.2, 0.25) is 0 Å². The van der Waals surface area contributed by atoms with Gasteiger partial charge in [0.25, 0.3) is 0 Å². The first-order valence-electron chi connectivity index (χ1n) is 4.37. The highest BCUT2D eigenvalue weighted by atomic mass is 19.1. The van der Waals surface area contributed by atoms with Crippen molar-refractivity contribution >= 4 is 6.29 Å². The van der Waals surface area contributed by atoms with E-state index in [9.17, 15) is 9.18 Å². The molecule has 0 heterocycles. The van der Waals surface area contributed by atoms with Crippen molar-refractivity contribution in [3.05, 3.63) is 29.6 Å². The van der Waals surface area contributed by atoms with Crippen LogP contribution < -0.4 is 4.74 Å². The number of rotatable bonds is 2. The highest BCUT2D eigenvalue weighted by Crippen LogP contribution is 2.23. The Hall–Kier alpha value is -1.38. The van der Waals surface area contributed by atoms with Crippen LogP contribution in [0.25, 0.3) is 0 Å². The Morgan fingerprint density at radius 2 is 2.00 bits per heavy atom. The van der Waals surface area contributed by atoms with Crippen LogP contribution in [0.4, 0.5) is 4.39 Å². The van der Waals surface area contributed by atoms with Crippen molar-refractivity contribution < 1.29 is 13.9 Å². The summed E-state index contributed by atoms with van der Waals surface area (Å²) in [5.41, 5.74) is -0.464. The molecule has 76 valence electrons. The number of hydrogen-bond donors (Lipinski definition) is 0. The molecule has 1 rings (SSSR count). The fourth-order valence-electron chi connectivity index (χ4n) is 1.05. The Bertz CT molecular complexity index is 340. The van der Waals surface area contributed by atoms with Gasteiger partial charge in [0, 0.05) is 0 Å². The smallest absolute Gasteiger partial charge is 0.156 e. The van der Waals surface area contributed by atoms with Gasteiger partial charge in [-0.05, 0) is 32.9 Å². The van der Waals surface area contributed by atoms with Crippen LogP contribution in [0.3, 0.4) is 0 Å². The SMILES string of the molecule is CC(C)(C)Oc1cccc(F)c1C=O. The van der Waals surface area contributed by atoms with Crippen LogP contribution in [-0.4, -0.2) is 11.9 Å². The highest BCUT2D eigenvalue weighted by molar-refractivity contribution is 5.79. The van der Waals surface area contributed by atoms with E-state index < -0.39 is 11.4 Å². The zero-order valence-electron chi connectivity index (χ0n) is 8.50. The van der Waals surface area contributed by atoms with Gasteiger partial charge < -0.3 is 4.74 Å². The van der Waals surface area contributed by atoms with Gasteiger partial charge in [-0.1, -0.05) is 6.07 Å². The summed E-state index contributed by atoms with van der Waals surface area (Å²) in [7, 11) is 0. The molecule has 14 heavy (non-hydrogen) atoms. The summed E-state index contributed by atoms with van der Waals surface area (Å²) in [6.07, 6.45) is 0.469. The van der Waals surface area contributed by atoms with Crippen LogP contribution in [0.15, 0.2) is 18.2 Å². The number of ether oxygens (including phenoxy) is 1. The van der Waals surface area contributed by atoms with Gasteiger partial charge in [-0.25, -0.2) is 4.39 Å². The zero-order chi connectivity index (χ0) is 10.8. The highest BCUT2D eigenvalue weighted by Gasteiger charge is 2.16. The van der Waals surface area contributed by atoms with Crippen molar-refractivity contribution in [3.63, 3.8) is 0 Å². The Balaban J connectivity index is 3.08. The second kappa shape index (κ2) is 3.78. The maximum atomic E-state index is 13.1. The molecule has 0 unspecified atom stereocenters. The molecule has 1 aromatic rings. The molecule has 3 heteroatoms. The lowest BCUT2D eigenvalue weighted by Gasteiger charge is -2.22. The van der Waals surface area contributed by atoms with E-state index >= 15 is 0 Å². The fraction of sp³-hybridized carbons (Fsp3) is 0.364. The number of benzene rings is 1. The molecule has 0 radical (unpaired) electrons. The van der Waals surface area contributed by atoms with Crippen molar-refractivity contribution in [2.75, 3.05) is 0 Å². The molecule has 0 bridgehead atoms. The molecule has 0 saturated carbocycles. The molecule has 0 aliphatic heterocycles. The van der Waals surface area contributed by atoms with E-state index in [1.807, 2.05) is 20.8 Å². The monoisotopic (exact) mass is 196 g/mol. The molecule has 0 N–H and O–H groups in total. The van der Waals surface area contributed by atoms with Crippen LogP contribution in [0.2, 0.25) is 0 Å². The average molecular weight is 196 g/mol. The van der Waals surface area contributed by atoms with E-state index in [0.29, 0.717) is 6.29 Å². The first-order valence-corrected chi connectivity index (χ1v) is 4.37. The number of halogens is 1. The number of hydrogen-bond acceptors (Lipinski definition) is 2. The Kier molecular flexibility index (Phi) is 2.89. The van der Waals surface area contributed by atoms with E-state index in [1.165, 1.54) is 12.1 Å². The van der Waals surface area contributed by atoms with Crippen LogP contribution in [0, 0.1) is 5.82 Å². The zero-order valence-corrected chi connectivity index (χ0v) is 8.50. The summed E-state index contributed by atoms with van der Waals surface area (Å²) in [6, 6.07) is 4.33. The standard InChI is InChI=1S/C11H13FO2/c1-11(2,3)14-10-6-4-5-9(12)8(10)7-13/h4-7H,1-3H3. The Morgan fingerprint density at radius 3 is 2.50 bits per heavy atom. The summed E-state index contributed by atoms with van der Waals surface area (Å²) >= 11 is 0. The van der Waals surface area contributed by atoms with Gasteiger partial charge in [0.05, 0.1) is 5.56 Å². The third-order valence-electron chi connectivity index (χ3n) is 1.55. The van der Waals surface area contributed by atoms with Gasteiger partial charge in [-0.15, -0.1) is 0 Å². The predicted molar refractivity (Wildman–Crippen MR) is 52.2 cm³/mol. The van der Waals surface area contributed by atoms with Gasteiger partial charge in [0.1, 0.15) is 17.2 Å². The summed E-state index contributed by atoms with van der Waals surface area (Å²) in [4.78, 5) is 10.6. The number of aldehydes is 1. The van der Waals surface area contributed by atoms with Crippen molar-refractivity contribution in [1.82, 2.24) is 0 Å². The lowest BCUT2D eigenvalue weighted by atomic mass is 10.1. The molecule has 0 aliphatic rings. The minimum atomic E-state index is -0.554. The lowest BCUT2D eigenvalue weighted by Crippen LogP contribution is -2.23. The van der Waals surface area contributed by atoms with E-state index in [1.54, 1.807) is 6.07 Å². The van der Waals surface area contributed by atoms with Crippen molar-refractivity contribution in [2.45, 2.75) is 26.4 Å². The third kappa shape index (κ3) is 2.55. The summed E-state index contributed by atoms with van der Waals surface area (Å²) in [5, 5.41) is 0. The van der Waals surface area contributed by atoms with Crippen LogP contribution >= 0.6 is 0 Å². The largest absolute Gasteiger partial charge is 0.487 e. The van der Waals surface area contributed by atoms with Crippen molar-refractivity contribution in [1.29, 1.82) is 0 Å². The van der Waals surface area contributed by atoms with Gasteiger partial charge in [-0.2, -0.15) is 0 Å². The number of carbonyl (C=O) groups excluding carboxylic acids is 1. The van der Waals surface area contributed by atoms with E-state index in [4.69, 9.17) is 4.74 Å². The van der Waals surface area contributed by atoms with Crippen molar-refractivity contribution in [2.24, 2.45) is 0 Å². The van der Waals surface area contributed by atoms with Gasteiger partial charge in [-0.3, -0.25) is 4.79 Å². The second-order valence-electron chi connectivity index (χ2n) is 3.98. The predicted octanol–water partition coefficient (Wildman–Crippen LogP) is 2.82. The molecule has 0 amide bonds. The van der Waals surface area contributed by atoms with Gasteiger partial charge in [0.15, 0.2) is 6.29 Å².